The van der Waals surface area contributed by atoms with E-state index in [0.717, 1.165) is 17.0 Å². The van der Waals surface area contributed by atoms with E-state index in [0.29, 0.717) is 12.2 Å². The topological polar surface area (TPSA) is 76.5 Å². The van der Waals surface area contributed by atoms with Gasteiger partial charge in [0.05, 0.1) is 19.3 Å². The number of amides is 2. The van der Waals surface area contributed by atoms with Gasteiger partial charge in [0.15, 0.2) is 0 Å². The fourth-order valence-corrected chi connectivity index (χ4v) is 2.30. The lowest BCUT2D eigenvalue weighted by atomic mass is 10.2. The Morgan fingerprint density at radius 1 is 1.29 bits per heavy atom. The van der Waals surface area contributed by atoms with Crippen LogP contribution in [0.1, 0.15) is 21.7 Å². The van der Waals surface area contributed by atoms with Gasteiger partial charge in [-0.3, -0.25) is 14.3 Å². The molecule has 1 aromatic heterocycles. The molecule has 0 unspecified atom stereocenters. The highest BCUT2D eigenvalue weighted by Crippen LogP contribution is 2.12. The molecule has 0 radical (unpaired) electrons. The zero-order valence-corrected chi connectivity index (χ0v) is 14.4. The van der Waals surface area contributed by atoms with Crippen molar-refractivity contribution in [2.45, 2.75) is 13.5 Å². The van der Waals surface area contributed by atoms with Crippen LogP contribution in [0.4, 0.5) is 0 Å². The Kier molecular flexibility index (Phi) is 5.57. The Hall–Kier alpha value is -2.83. The first-order chi connectivity index (χ1) is 11.4. The van der Waals surface area contributed by atoms with Crippen molar-refractivity contribution in [3.8, 4) is 5.75 Å². The number of rotatable bonds is 6. The van der Waals surface area contributed by atoms with Crippen LogP contribution in [-0.2, 0) is 18.4 Å². The van der Waals surface area contributed by atoms with Gasteiger partial charge in [-0.25, -0.2) is 0 Å². The average Bonchev–Trinajstić information content (AvgIpc) is 2.91. The van der Waals surface area contributed by atoms with Gasteiger partial charge in [0, 0.05) is 20.6 Å². The van der Waals surface area contributed by atoms with E-state index in [4.69, 9.17) is 4.74 Å². The molecule has 0 saturated carbocycles. The maximum Gasteiger partial charge on any atom is 0.269 e. The number of methoxy groups -OCH3 is 1. The fraction of sp³-hybridized carbons (Fsp3) is 0.353. The summed E-state index contributed by atoms with van der Waals surface area (Å²) in [7, 11) is 5.00. The highest BCUT2D eigenvalue weighted by atomic mass is 16.5. The van der Waals surface area contributed by atoms with E-state index in [2.05, 4.69) is 10.4 Å². The highest BCUT2D eigenvalue weighted by Gasteiger charge is 2.15. The van der Waals surface area contributed by atoms with Gasteiger partial charge in [0.25, 0.3) is 5.91 Å². The number of likely N-dealkylation sites (N-methyl/N-ethyl adjacent to an activating group) is 1. The van der Waals surface area contributed by atoms with Crippen molar-refractivity contribution < 1.29 is 14.3 Å². The Bertz CT molecular complexity index is 722. The number of aromatic nitrogens is 2. The molecule has 1 aromatic carbocycles. The monoisotopic (exact) mass is 330 g/mol. The predicted molar refractivity (Wildman–Crippen MR) is 89.7 cm³/mol. The van der Waals surface area contributed by atoms with Crippen LogP contribution >= 0.6 is 0 Å². The van der Waals surface area contributed by atoms with E-state index in [-0.39, 0.29) is 18.4 Å². The van der Waals surface area contributed by atoms with Gasteiger partial charge in [-0.2, -0.15) is 5.10 Å². The summed E-state index contributed by atoms with van der Waals surface area (Å²) in [5.41, 5.74) is 2.17. The van der Waals surface area contributed by atoms with Crippen molar-refractivity contribution in [2.75, 3.05) is 20.7 Å². The largest absolute Gasteiger partial charge is 0.497 e. The quantitative estimate of drug-likeness (QED) is 0.861. The summed E-state index contributed by atoms with van der Waals surface area (Å²) in [6.07, 6.45) is 0. The molecular formula is C17H22N4O3. The molecular weight excluding hydrogens is 308 g/mol. The second-order valence-corrected chi connectivity index (χ2v) is 5.58. The number of carbonyl (C=O) groups excluding carboxylic acids is 2. The normalized spacial score (nSPS) is 10.3. The first kappa shape index (κ1) is 17.5. The minimum Gasteiger partial charge on any atom is -0.497 e. The average molecular weight is 330 g/mol. The molecule has 7 nitrogen and oxygen atoms in total. The molecule has 2 aromatic rings. The number of nitrogens with one attached hydrogen (secondary N) is 1. The number of hydrogen-bond donors (Lipinski definition) is 1. The first-order valence-corrected chi connectivity index (χ1v) is 7.56. The lowest BCUT2D eigenvalue weighted by Gasteiger charge is -2.17. The van der Waals surface area contributed by atoms with Gasteiger partial charge < -0.3 is 15.0 Å². The molecule has 0 fully saturated rings. The molecule has 7 heteroatoms. The standard InChI is InChI=1S/C17H22N4O3/c1-12-9-15(21(3)19-12)17(23)18-10-16(22)20(2)11-13-5-7-14(24-4)8-6-13/h5-9H,10-11H2,1-4H3,(H,18,23). The van der Waals surface area contributed by atoms with Gasteiger partial charge >= 0.3 is 0 Å². The first-order valence-electron chi connectivity index (χ1n) is 7.56. The van der Waals surface area contributed by atoms with E-state index in [1.165, 1.54) is 4.68 Å². The van der Waals surface area contributed by atoms with E-state index < -0.39 is 0 Å². The molecule has 1 heterocycles. The summed E-state index contributed by atoms with van der Waals surface area (Å²) in [6.45, 7) is 2.21. The van der Waals surface area contributed by atoms with Crippen LogP contribution in [0.2, 0.25) is 0 Å². The van der Waals surface area contributed by atoms with Crippen LogP contribution in [0, 0.1) is 6.92 Å². The third-order valence-electron chi connectivity index (χ3n) is 3.64. The van der Waals surface area contributed by atoms with E-state index in [1.54, 1.807) is 32.2 Å². The van der Waals surface area contributed by atoms with Crippen molar-refractivity contribution in [3.63, 3.8) is 0 Å². The highest BCUT2D eigenvalue weighted by molar-refractivity contribution is 5.95. The number of ether oxygens (including phenoxy) is 1. The lowest BCUT2D eigenvalue weighted by molar-refractivity contribution is -0.129. The summed E-state index contributed by atoms with van der Waals surface area (Å²) in [6, 6.07) is 9.18. The Morgan fingerprint density at radius 3 is 2.50 bits per heavy atom. The lowest BCUT2D eigenvalue weighted by Crippen LogP contribution is -2.38. The maximum absolute atomic E-state index is 12.2. The molecule has 0 bridgehead atoms. The zero-order chi connectivity index (χ0) is 17.7. The third kappa shape index (κ3) is 4.34. The summed E-state index contributed by atoms with van der Waals surface area (Å²) in [5, 5.41) is 6.74. The second kappa shape index (κ2) is 7.63. The SMILES string of the molecule is COc1ccc(CN(C)C(=O)CNC(=O)c2cc(C)nn2C)cc1. The number of aryl methyl sites for hydroxylation is 2. The second-order valence-electron chi connectivity index (χ2n) is 5.58. The molecule has 0 spiro atoms. The van der Waals surface area contributed by atoms with Crippen molar-refractivity contribution >= 4 is 11.8 Å². The van der Waals surface area contributed by atoms with Crippen LogP contribution < -0.4 is 10.1 Å². The van der Waals surface area contributed by atoms with E-state index >= 15 is 0 Å². The van der Waals surface area contributed by atoms with Crippen LogP contribution in [0.5, 0.6) is 5.75 Å². The van der Waals surface area contributed by atoms with Crippen LogP contribution in [0.25, 0.3) is 0 Å². The molecule has 0 atom stereocenters. The minimum absolute atomic E-state index is 0.0598. The summed E-state index contributed by atoms with van der Waals surface area (Å²) in [5.74, 6) is 0.286. The Labute approximate surface area is 141 Å². The van der Waals surface area contributed by atoms with Crippen molar-refractivity contribution in [1.29, 1.82) is 0 Å². The summed E-state index contributed by atoms with van der Waals surface area (Å²) in [4.78, 5) is 25.8. The number of benzene rings is 1. The fourth-order valence-electron chi connectivity index (χ4n) is 2.30. The molecule has 1 N–H and O–H groups in total. The molecule has 24 heavy (non-hydrogen) atoms. The molecule has 0 saturated heterocycles. The predicted octanol–water partition coefficient (Wildman–Crippen LogP) is 1.13. The van der Waals surface area contributed by atoms with Crippen LogP contribution in [0.15, 0.2) is 30.3 Å². The molecule has 2 rings (SSSR count). The Morgan fingerprint density at radius 2 is 1.96 bits per heavy atom. The minimum atomic E-state index is -0.315. The number of carbonyl (C=O) groups is 2. The van der Waals surface area contributed by atoms with Crippen molar-refractivity contribution in [3.05, 3.63) is 47.3 Å². The van der Waals surface area contributed by atoms with Crippen LogP contribution in [-0.4, -0.2) is 47.2 Å². The smallest absolute Gasteiger partial charge is 0.269 e. The van der Waals surface area contributed by atoms with Gasteiger partial charge in [-0.15, -0.1) is 0 Å². The summed E-state index contributed by atoms with van der Waals surface area (Å²) >= 11 is 0. The van der Waals surface area contributed by atoms with Gasteiger partial charge in [0.1, 0.15) is 11.4 Å². The number of hydrogen-bond acceptors (Lipinski definition) is 4. The third-order valence-corrected chi connectivity index (χ3v) is 3.64. The van der Waals surface area contributed by atoms with E-state index in [1.807, 2.05) is 31.2 Å². The summed E-state index contributed by atoms with van der Waals surface area (Å²) < 4.78 is 6.60. The van der Waals surface area contributed by atoms with Crippen LogP contribution in [0.3, 0.4) is 0 Å². The molecule has 0 aliphatic heterocycles. The maximum atomic E-state index is 12.2. The van der Waals surface area contributed by atoms with Crippen molar-refractivity contribution in [2.24, 2.45) is 7.05 Å². The molecule has 2 amide bonds. The van der Waals surface area contributed by atoms with Gasteiger partial charge in [-0.05, 0) is 30.7 Å². The number of nitrogens with zero attached hydrogens (tertiary/aromatic N) is 3. The van der Waals surface area contributed by atoms with Gasteiger partial charge in [0.2, 0.25) is 5.91 Å². The van der Waals surface area contributed by atoms with Gasteiger partial charge in [-0.1, -0.05) is 12.1 Å². The van der Waals surface area contributed by atoms with E-state index in [9.17, 15) is 9.59 Å². The molecule has 0 aliphatic carbocycles. The molecule has 128 valence electrons. The Balaban J connectivity index is 1.87. The zero-order valence-electron chi connectivity index (χ0n) is 14.4. The molecule has 0 aliphatic rings. The van der Waals surface area contributed by atoms with Crippen molar-refractivity contribution in [1.82, 2.24) is 20.0 Å².